The third-order valence-corrected chi connectivity index (χ3v) is 3.09. The summed E-state index contributed by atoms with van der Waals surface area (Å²) in [6, 6.07) is 1.97. The molecule has 0 aliphatic heterocycles. The Hall–Kier alpha value is -1.45. The SMILES string of the molecule is O=Cc1cc(F)c(OCC2CCCC2)c(F)c1. The molecule has 1 aromatic carbocycles. The molecule has 1 aliphatic carbocycles. The zero-order valence-corrected chi connectivity index (χ0v) is 9.42. The first-order valence-electron chi connectivity index (χ1n) is 5.77. The van der Waals surface area contributed by atoms with Crippen LogP contribution in [0.2, 0.25) is 0 Å². The fourth-order valence-corrected chi connectivity index (χ4v) is 2.16. The van der Waals surface area contributed by atoms with E-state index in [2.05, 4.69) is 0 Å². The van der Waals surface area contributed by atoms with Gasteiger partial charge in [0.1, 0.15) is 6.29 Å². The van der Waals surface area contributed by atoms with E-state index in [1.807, 2.05) is 0 Å². The molecular formula is C13H14F2O2. The van der Waals surface area contributed by atoms with Crippen molar-refractivity contribution in [2.75, 3.05) is 6.61 Å². The molecule has 1 aromatic rings. The Labute approximate surface area is 98.6 Å². The van der Waals surface area contributed by atoms with Crippen molar-refractivity contribution < 1.29 is 18.3 Å². The lowest BCUT2D eigenvalue weighted by molar-refractivity contribution is 0.112. The molecule has 0 radical (unpaired) electrons. The van der Waals surface area contributed by atoms with E-state index >= 15 is 0 Å². The fraction of sp³-hybridized carbons (Fsp3) is 0.462. The van der Waals surface area contributed by atoms with Crippen LogP contribution in [0.25, 0.3) is 0 Å². The Morgan fingerprint density at radius 1 is 1.24 bits per heavy atom. The van der Waals surface area contributed by atoms with Gasteiger partial charge in [0.25, 0.3) is 0 Å². The lowest BCUT2D eigenvalue weighted by Gasteiger charge is -2.12. The van der Waals surface area contributed by atoms with Gasteiger partial charge in [-0.25, -0.2) is 8.78 Å². The first kappa shape index (κ1) is 12.0. The van der Waals surface area contributed by atoms with Crippen LogP contribution in [0, 0.1) is 17.6 Å². The van der Waals surface area contributed by atoms with Crippen LogP contribution in [0.3, 0.4) is 0 Å². The molecule has 1 fully saturated rings. The molecule has 0 spiro atoms. The number of aldehydes is 1. The van der Waals surface area contributed by atoms with Crippen molar-refractivity contribution in [1.29, 1.82) is 0 Å². The first-order chi connectivity index (χ1) is 8.20. The average Bonchev–Trinajstić information content (AvgIpc) is 2.80. The first-order valence-corrected chi connectivity index (χ1v) is 5.77. The maximum Gasteiger partial charge on any atom is 0.190 e. The van der Waals surface area contributed by atoms with E-state index in [-0.39, 0.29) is 11.3 Å². The minimum atomic E-state index is -0.815. The van der Waals surface area contributed by atoms with Gasteiger partial charge in [-0.15, -0.1) is 0 Å². The molecule has 17 heavy (non-hydrogen) atoms. The van der Waals surface area contributed by atoms with Gasteiger partial charge in [0, 0.05) is 5.56 Å². The van der Waals surface area contributed by atoms with Crippen molar-refractivity contribution in [2.45, 2.75) is 25.7 Å². The lowest BCUT2D eigenvalue weighted by Crippen LogP contribution is -2.10. The molecule has 0 heterocycles. The maximum absolute atomic E-state index is 13.4. The second kappa shape index (κ2) is 5.25. The van der Waals surface area contributed by atoms with Gasteiger partial charge < -0.3 is 4.74 Å². The summed E-state index contributed by atoms with van der Waals surface area (Å²) in [6.07, 6.45) is 4.82. The van der Waals surface area contributed by atoms with Crippen LogP contribution in [-0.2, 0) is 0 Å². The van der Waals surface area contributed by atoms with Crippen molar-refractivity contribution in [3.63, 3.8) is 0 Å². The fourth-order valence-electron chi connectivity index (χ4n) is 2.16. The Bertz CT molecular complexity index is 389. The van der Waals surface area contributed by atoms with Gasteiger partial charge in [0.2, 0.25) is 0 Å². The average molecular weight is 240 g/mol. The molecule has 92 valence electrons. The summed E-state index contributed by atoms with van der Waals surface area (Å²) in [4.78, 5) is 10.4. The van der Waals surface area contributed by atoms with E-state index in [0.29, 0.717) is 18.8 Å². The zero-order valence-electron chi connectivity index (χ0n) is 9.42. The smallest absolute Gasteiger partial charge is 0.190 e. The van der Waals surface area contributed by atoms with Crippen molar-refractivity contribution in [3.05, 3.63) is 29.3 Å². The van der Waals surface area contributed by atoms with Crippen molar-refractivity contribution in [3.8, 4) is 5.75 Å². The van der Waals surface area contributed by atoms with E-state index in [0.717, 1.165) is 37.8 Å². The topological polar surface area (TPSA) is 26.3 Å². The van der Waals surface area contributed by atoms with E-state index < -0.39 is 11.6 Å². The third-order valence-electron chi connectivity index (χ3n) is 3.09. The van der Waals surface area contributed by atoms with Gasteiger partial charge in [-0.2, -0.15) is 0 Å². The Kier molecular flexibility index (Phi) is 3.71. The van der Waals surface area contributed by atoms with Crippen LogP contribution in [0.1, 0.15) is 36.0 Å². The maximum atomic E-state index is 13.4. The molecule has 1 saturated carbocycles. The second-order valence-electron chi connectivity index (χ2n) is 4.39. The molecule has 0 amide bonds. The van der Waals surface area contributed by atoms with Gasteiger partial charge in [-0.1, -0.05) is 12.8 Å². The van der Waals surface area contributed by atoms with Gasteiger partial charge in [0.05, 0.1) is 6.61 Å². The molecule has 4 heteroatoms. The van der Waals surface area contributed by atoms with Gasteiger partial charge >= 0.3 is 0 Å². The lowest BCUT2D eigenvalue weighted by atomic mass is 10.1. The largest absolute Gasteiger partial charge is 0.487 e. The summed E-state index contributed by atoms with van der Waals surface area (Å²) in [5, 5.41) is 0. The zero-order chi connectivity index (χ0) is 12.3. The normalized spacial score (nSPS) is 16.1. The molecule has 0 aromatic heterocycles. The number of hydrogen-bond donors (Lipinski definition) is 0. The summed E-state index contributed by atoms with van der Waals surface area (Å²) in [5.74, 6) is -1.61. The van der Waals surface area contributed by atoms with E-state index in [1.54, 1.807) is 0 Å². The predicted octanol–water partition coefficient (Wildman–Crippen LogP) is 3.35. The predicted molar refractivity (Wildman–Crippen MR) is 59.2 cm³/mol. The number of hydrogen-bond acceptors (Lipinski definition) is 2. The standard InChI is InChI=1S/C13H14F2O2/c14-11-5-10(7-16)6-12(15)13(11)17-8-9-3-1-2-4-9/h5-7,9H,1-4,8H2. The van der Waals surface area contributed by atoms with Crippen LogP contribution in [0.5, 0.6) is 5.75 Å². The van der Waals surface area contributed by atoms with Gasteiger partial charge in [-0.3, -0.25) is 4.79 Å². The van der Waals surface area contributed by atoms with Crippen LogP contribution >= 0.6 is 0 Å². The number of benzene rings is 1. The highest BCUT2D eigenvalue weighted by molar-refractivity contribution is 5.75. The second-order valence-corrected chi connectivity index (χ2v) is 4.39. The summed E-state index contributed by atoms with van der Waals surface area (Å²) in [5.41, 5.74) is -0.0202. The molecule has 0 unspecified atom stereocenters. The quantitative estimate of drug-likeness (QED) is 0.754. The van der Waals surface area contributed by atoms with Crippen LogP contribution < -0.4 is 4.74 Å². The molecule has 0 atom stereocenters. The Balaban J connectivity index is 2.06. The highest BCUT2D eigenvalue weighted by Gasteiger charge is 2.18. The minimum Gasteiger partial charge on any atom is -0.487 e. The number of carbonyl (C=O) groups is 1. The molecule has 2 nitrogen and oxygen atoms in total. The summed E-state index contributed by atoms with van der Waals surface area (Å²) >= 11 is 0. The number of rotatable bonds is 4. The number of ether oxygens (including phenoxy) is 1. The summed E-state index contributed by atoms with van der Waals surface area (Å²) in [7, 11) is 0. The highest BCUT2D eigenvalue weighted by atomic mass is 19.1. The van der Waals surface area contributed by atoms with E-state index in [9.17, 15) is 13.6 Å². The van der Waals surface area contributed by atoms with E-state index in [4.69, 9.17) is 4.74 Å². The van der Waals surface area contributed by atoms with Crippen molar-refractivity contribution >= 4 is 6.29 Å². The van der Waals surface area contributed by atoms with Crippen LogP contribution in [-0.4, -0.2) is 12.9 Å². The summed E-state index contributed by atoms with van der Waals surface area (Å²) in [6.45, 7) is 0.342. The number of carbonyl (C=O) groups excluding carboxylic acids is 1. The van der Waals surface area contributed by atoms with Crippen LogP contribution in [0.4, 0.5) is 8.78 Å². The minimum absolute atomic E-state index is 0.0202. The Morgan fingerprint density at radius 2 is 1.82 bits per heavy atom. The monoisotopic (exact) mass is 240 g/mol. The van der Waals surface area contributed by atoms with Crippen molar-refractivity contribution in [1.82, 2.24) is 0 Å². The highest BCUT2D eigenvalue weighted by Crippen LogP contribution is 2.28. The number of halogens is 2. The molecular weight excluding hydrogens is 226 g/mol. The molecule has 0 saturated heterocycles. The van der Waals surface area contributed by atoms with Crippen LogP contribution in [0.15, 0.2) is 12.1 Å². The van der Waals surface area contributed by atoms with Crippen molar-refractivity contribution in [2.24, 2.45) is 5.92 Å². The third kappa shape index (κ3) is 2.81. The van der Waals surface area contributed by atoms with Gasteiger partial charge in [0.15, 0.2) is 17.4 Å². The van der Waals surface area contributed by atoms with Gasteiger partial charge in [-0.05, 0) is 30.9 Å². The van der Waals surface area contributed by atoms with E-state index in [1.165, 1.54) is 0 Å². The molecule has 0 bridgehead atoms. The summed E-state index contributed by atoms with van der Waals surface area (Å²) < 4.78 is 32.1. The molecule has 2 rings (SSSR count). The Morgan fingerprint density at radius 3 is 2.35 bits per heavy atom. The molecule has 0 N–H and O–H groups in total. The molecule has 1 aliphatic rings.